The van der Waals surface area contributed by atoms with Gasteiger partial charge in [0.25, 0.3) is 0 Å². The second-order valence-corrected chi connectivity index (χ2v) is 5.64. The topological polar surface area (TPSA) is 15.3 Å². The summed E-state index contributed by atoms with van der Waals surface area (Å²) in [5.74, 6) is 0.637. The molecule has 1 heterocycles. The molecule has 2 rings (SSSR count). The van der Waals surface area contributed by atoms with Crippen LogP contribution in [0.2, 0.25) is 0 Å². The average Bonchev–Trinajstić information content (AvgIpc) is 2.77. The van der Waals surface area contributed by atoms with E-state index in [1.54, 1.807) is 0 Å². The van der Waals surface area contributed by atoms with Crippen LogP contribution in [0.4, 0.5) is 0 Å². The first-order valence-electron chi connectivity index (χ1n) is 7.18. The summed E-state index contributed by atoms with van der Waals surface area (Å²) in [6, 6.07) is 12.0. The van der Waals surface area contributed by atoms with Crippen LogP contribution in [-0.2, 0) is 0 Å². The molecule has 0 aromatic heterocycles. The smallest absolute Gasteiger partial charge is 0.0355 e. The van der Waals surface area contributed by atoms with Gasteiger partial charge in [0.15, 0.2) is 0 Å². The standard InChI is InChI=1S/C16H26N2/c1-13(12-18-11-7-8-14(18)2)16(17-3)15-9-5-4-6-10-15/h4-6,9-10,13-14,16-17H,7-8,11-12H2,1-3H3. The van der Waals surface area contributed by atoms with Gasteiger partial charge in [0.05, 0.1) is 0 Å². The Hall–Kier alpha value is -0.860. The molecule has 2 nitrogen and oxygen atoms in total. The number of rotatable bonds is 5. The lowest BCUT2D eigenvalue weighted by molar-refractivity contribution is 0.209. The van der Waals surface area contributed by atoms with E-state index in [0.29, 0.717) is 12.0 Å². The molecule has 1 aliphatic rings. The monoisotopic (exact) mass is 246 g/mol. The minimum absolute atomic E-state index is 0.457. The molecule has 3 atom stereocenters. The lowest BCUT2D eigenvalue weighted by atomic mass is 9.94. The Balaban J connectivity index is 1.99. The Morgan fingerprint density at radius 3 is 2.61 bits per heavy atom. The number of hydrogen-bond acceptors (Lipinski definition) is 2. The lowest BCUT2D eigenvalue weighted by Gasteiger charge is -2.30. The predicted octanol–water partition coefficient (Wildman–Crippen LogP) is 3.07. The molecule has 0 aliphatic carbocycles. The van der Waals surface area contributed by atoms with E-state index in [1.807, 2.05) is 0 Å². The highest BCUT2D eigenvalue weighted by Crippen LogP contribution is 2.25. The Labute approximate surface area is 111 Å². The summed E-state index contributed by atoms with van der Waals surface area (Å²) in [5, 5.41) is 3.48. The third-order valence-electron chi connectivity index (χ3n) is 4.25. The van der Waals surface area contributed by atoms with Gasteiger partial charge in [-0.3, -0.25) is 0 Å². The fraction of sp³-hybridized carbons (Fsp3) is 0.625. The van der Waals surface area contributed by atoms with Gasteiger partial charge in [0.2, 0.25) is 0 Å². The molecular weight excluding hydrogens is 220 g/mol. The molecule has 0 saturated carbocycles. The van der Waals surface area contributed by atoms with Crippen LogP contribution in [0.25, 0.3) is 0 Å². The van der Waals surface area contributed by atoms with Gasteiger partial charge in [-0.05, 0) is 44.8 Å². The molecule has 18 heavy (non-hydrogen) atoms. The fourth-order valence-electron chi connectivity index (χ4n) is 3.18. The molecule has 100 valence electrons. The molecule has 0 amide bonds. The van der Waals surface area contributed by atoms with Crippen LogP contribution < -0.4 is 5.32 Å². The van der Waals surface area contributed by atoms with Crippen LogP contribution in [-0.4, -0.2) is 31.1 Å². The molecule has 2 heteroatoms. The molecule has 1 aliphatic heterocycles. The van der Waals surface area contributed by atoms with Gasteiger partial charge in [0.1, 0.15) is 0 Å². The maximum absolute atomic E-state index is 3.48. The molecular formula is C16H26N2. The summed E-state index contributed by atoms with van der Waals surface area (Å²) < 4.78 is 0. The van der Waals surface area contributed by atoms with Crippen molar-refractivity contribution in [2.45, 2.75) is 38.8 Å². The van der Waals surface area contributed by atoms with E-state index in [9.17, 15) is 0 Å². The van der Waals surface area contributed by atoms with Crippen molar-refractivity contribution in [3.8, 4) is 0 Å². The number of nitrogens with one attached hydrogen (secondary N) is 1. The largest absolute Gasteiger partial charge is 0.313 e. The zero-order valence-corrected chi connectivity index (χ0v) is 11.9. The van der Waals surface area contributed by atoms with E-state index in [4.69, 9.17) is 0 Å². The highest BCUT2D eigenvalue weighted by molar-refractivity contribution is 5.19. The van der Waals surface area contributed by atoms with Crippen molar-refractivity contribution in [3.63, 3.8) is 0 Å². The molecule has 1 fully saturated rings. The summed E-state index contributed by atoms with van der Waals surface area (Å²) >= 11 is 0. The summed E-state index contributed by atoms with van der Waals surface area (Å²) in [4.78, 5) is 2.64. The highest BCUT2D eigenvalue weighted by atomic mass is 15.2. The van der Waals surface area contributed by atoms with Crippen LogP contribution in [0, 0.1) is 5.92 Å². The van der Waals surface area contributed by atoms with Gasteiger partial charge >= 0.3 is 0 Å². The fourth-order valence-corrected chi connectivity index (χ4v) is 3.18. The second kappa shape index (κ2) is 6.35. The first-order valence-corrected chi connectivity index (χ1v) is 7.18. The van der Waals surface area contributed by atoms with Crippen molar-refractivity contribution >= 4 is 0 Å². The SMILES string of the molecule is CNC(c1ccccc1)C(C)CN1CCCC1C. The van der Waals surface area contributed by atoms with Crippen molar-refractivity contribution in [2.24, 2.45) is 5.92 Å². The van der Waals surface area contributed by atoms with Crippen LogP contribution in [0.15, 0.2) is 30.3 Å². The molecule has 3 unspecified atom stereocenters. The van der Waals surface area contributed by atoms with Gasteiger partial charge in [-0.25, -0.2) is 0 Å². The number of likely N-dealkylation sites (tertiary alicyclic amines) is 1. The first kappa shape index (κ1) is 13.6. The van der Waals surface area contributed by atoms with E-state index < -0.39 is 0 Å². The third-order valence-corrected chi connectivity index (χ3v) is 4.25. The summed E-state index contributed by atoms with van der Waals surface area (Å²) in [6.45, 7) is 7.19. The Morgan fingerprint density at radius 1 is 1.33 bits per heavy atom. The van der Waals surface area contributed by atoms with E-state index in [-0.39, 0.29) is 0 Å². The first-order chi connectivity index (χ1) is 8.72. The van der Waals surface area contributed by atoms with Crippen molar-refractivity contribution in [1.82, 2.24) is 10.2 Å². The van der Waals surface area contributed by atoms with Gasteiger partial charge in [-0.15, -0.1) is 0 Å². The molecule has 0 spiro atoms. The van der Waals surface area contributed by atoms with Crippen molar-refractivity contribution in [1.29, 1.82) is 0 Å². The van der Waals surface area contributed by atoms with Crippen molar-refractivity contribution in [2.75, 3.05) is 20.1 Å². The minimum atomic E-state index is 0.457. The van der Waals surface area contributed by atoms with Crippen LogP contribution in [0.1, 0.15) is 38.3 Å². The van der Waals surface area contributed by atoms with E-state index in [0.717, 1.165) is 6.04 Å². The molecule has 1 aromatic rings. The third kappa shape index (κ3) is 3.12. The van der Waals surface area contributed by atoms with Gasteiger partial charge < -0.3 is 10.2 Å². The maximum atomic E-state index is 3.48. The number of hydrogen-bond donors (Lipinski definition) is 1. The van der Waals surface area contributed by atoms with Gasteiger partial charge in [-0.2, -0.15) is 0 Å². The Bertz CT molecular complexity index is 349. The number of nitrogens with zero attached hydrogens (tertiary/aromatic N) is 1. The highest BCUT2D eigenvalue weighted by Gasteiger charge is 2.25. The van der Waals surface area contributed by atoms with Gasteiger partial charge in [-0.1, -0.05) is 37.3 Å². The summed E-state index contributed by atoms with van der Waals surface area (Å²) in [7, 11) is 2.07. The maximum Gasteiger partial charge on any atom is 0.0355 e. The second-order valence-electron chi connectivity index (χ2n) is 5.64. The van der Waals surface area contributed by atoms with Crippen molar-refractivity contribution in [3.05, 3.63) is 35.9 Å². The molecule has 0 radical (unpaired) electrons. The Morgan fingerprint density at radius 2 is 2.06 bits per heavy atom. The molecule has 1 aromatic carbocycles. The van der Waals surface area contributed by atoms with Crippen LogP contribution in [0.5, 0.6) is 0 Å². The lowest BCUT2D eigenvalue weighted by Crippen LogP contribution is -2.36. The zero-order valence-electron chi connectivity index (χ0n) is 11.9. The van der Waals surface area contributed by atoms with E-state index >= 15 is 0 Å². The van der Waals surface area contributed by atoms with Gasteiger partial charge in [0, 0.05) is 18.6 Å². The minimum Gasteiger partial charge on any atom is -0.313 e. The average molecular weight is 246 g/mol. The van der Waals surface area contributed by atoms with E-state index in [2.05, 4.69) is 61.4 Å². The molecule has 1 saturated heterocycles. The van der Waals surface area contributed by atoms with Crippen LogP contribution in [0.3, 0.4) is 0 Å². The van der Waals surface area contributed by atoms with E-state index in [1.165, 1.54) is 31.5 Å². The normalized spacial score (nSPS) is 24.1. The summed E-state index contributed by atoms with van der Waals surface area (Å²) in [6.07, 6.45) is 2.73. The quantitative estimate of drug-likeness (QED) is 0.859. The molecule has 1 N–H and O–H groups in total. The van der Waals surface area contributed by atoms with Crippen LogP contribution >= 0.6 is 0 Å². The predicted molar refractivity (Wildman–Crippen MR) is 77.7 cm³/mol. The zero-order chi connectivity index (χ0) is 13.0. The number of benzene rings is 1. The summed E-state index contributed by atoms with van der Waals surface area (Å²) in [5.41, 5.74) is 1.40. The molecule has 0 bridgehead atoms. The Kier molecular flexibility index (Phi) is 4.79. The van der Waals surface area contributed by atoms with Crippen molar-refractivity contribution < 1.29 is 0 Å².